The molecule has 0 atom stereocenters. The molecule has 1 N–H and O–H groups in total. The van der Waals surface area contributed by atoms with Gasteiger partial charge >= 0.3 is 0 Å². The van der Waals surface area contributed by atoms with E-state index in [1.807, 2.05) is 12.3 Å². The van der Waals surface area contributed by atoms with E-state index in [9.17, 15) is 0 Å². The lowest BCUT2D eigenvalue weighted by Crippen LogP contribution is -2.16. The van der Waals surface area contributed by atoms with Crippen LogP contribution >= 0.6 is 27.5 Å². The molecule has 82 valence electrons. The lowest BCUT2D eigenvalue weighted by atomic mass is 10.0. The molecule has 0 saturated heterocycles. The van der Waals surface area contributed by atoms with Crippen molar-refractivity contribution in [2.45, 2.75) is 19.3 Å². The zero-order valence-corrected chi connectivity index (χ0v) is 10.8. The van der Waals surface area contributed by atoms with Crippen molar-refractivity contribution in [2.75, 3.05) is 17.7 Å². The summed E-state index contributed by atoms with van der Waals surface area (Å²) in [4.78, 5) is 4.03. The highest BCUT2D eigenvalue weighted by Gasteiger charge is 2.41. The minimum Gasteiger partial charge on any atom is -0.383 e. The Kier molecular flexibility index (Phi) is 3.52. The second-order valence-corrected chi connectivity index (χ2v) is 5.38. The zero-order chi connectivity index (χ0) is 10.7. The molecule has 15 heavy (non-hydrogen) atoms. The molecule has 0 aromatic carbocycles. The van der Waals surface area contributed by atoms with E-state index in [1.54, 1.807) is 6.20 Å². The molecule has 2 rings (SSSR count). The topological polar surface area (TPSA) is 24.9 Å². The molecular formula is C11H14BrClN2. The molecule has 1 aliphatic carbocycles. The number of anilines is 1. The van der Waals surface area contributed by atoms with Gasteiger partial charge in [0, 0.05) is 24.8 Å². The lowest BCUT2D eigenvalue weighted by molar-refractivity contribution is 0.524. The second-order valence-electron chi connectivity index (χ2n) is 4.15. The maximum Gasteiger partial charge on any atom is 0.0590 e. The van der Waals surface area contributed by atoms with Gasteiger partial charge in [0.1, 0.15) is 0 Å². The van der Waals surface area contributed by atoms with Crippen LogP contribution < -0.4 is 5.32 Å². The number of nitrogens with one attached hydrogen (secondary N) is 1. The van der Waals surface area contributed by atoms with Crippen molar-refractivity contribution < 1.29 is 0 Å². The van der Waals surface area contributed by atoms with Crippen LogP contribution in [0.1, 0.15) is 19.3 Å². The molecule has 0 spiro atoms. The van der Waals surface area contributed by atoms with E-state index in [2.05, 4.69) is 26.2 Å². The van der Waals surface area contributed by atoms with Crippen LogP contribution in [-0.4, -0.2) is 17.4 Å². The van der Waals surface area contributed by atoms with Crippen molar-refractivity contribution in [1.29, 1.82) is 0 Å². The van der Waals surface area contributed by atoms with E-state index in [-0.39, 0.29) is 0 Å². The predicted octanol–water partition coefficient (Wildman–Crippen LogP) is 3.67. The predicted molar refractivity (Wildman–Crippen MR) is 67.4 cm³/mol. The van der Waals surface area contributed by atoms with Gasteiger partial charge in [-0.15, -0.1) is 11.6 Å². The van der Waals surface area contributed by atoms with E-state index in [0.717, 1.165) is 29.0 Å². The van der Waals surface area contributed by atoms with Gasteiger partial charge in [-0.3, -0.25) is 4.98 Å². The minimum atomic E-state index is 0.463. The summed E-state index contributed by atoms with van der Waals surface area (Å²) in [5, 5.41) is 3.45. The van der Waals surface area contributed by atoms with E-state index < -0.39 is 0 Å². The molecule has 1 aromatic rings. The average Bonchev–Trinajstić information content (AvgIpc) is 2.98. The van der Waals surface area contributed by atoms with Crippen molar-refractivity contribution in [3.05, 3.63) is 22.9 Å². The van der Waals surface area contributed by atoms with Crippen molar-refractivity contribution in [3.8, 4) is 0 Å². The normalized spacial score (nSPS) is 17.5. The van der Waals surface area contributed by atoms with Gasteiger partial charge in [-0.2, -0.15) is 0 Å². The Morgan fingerprint density at radius 3 is 2.93 bits per heavy atom. The standard InChI is InChI=1S/C11H14BrClN2/c12-9-7-14-6-1-10(9)15-8-11(2-3-11)4-5-13/h1,6-7H,2-5,8H2,(H,14,15). The van der Waals surface area contributed by atoms with Gasteiger partial charge in [0.2, 0.25) is 0 Å². The van der Waals surface area contributed by atoms with Crippen LogP contribution in [0.3, 0.4) is 0 Å². The van der Waals surface area contributed by atoms with Crippen molar-refractivity contribution in [2.24, 2.45) is 5.41 Å². The summed E-state index contributed by atoms with van der Waals surface area (Å²) >= 11 is 9.26. The first-order valence-electron chi connectivity index (χ1n) is 5.15. The third kappa shape index (κ3) is 2.85. The van der Waals surface area contributed by atoms with Crippen molar-refractivity contribution in [3.63, 3.8) is 0 Å². The van der Waals surface area contributed by atoms with Gasteiger partial charge < -0.3 is 5.32 Å². The summed E-state index contributed by atoms with van der Waals surface area (Å²) < 4.78 is 1.02. The Morgan fingerprint density at radius 2 is 2.33 bits per heavy atom. The molecule has 0 bridgehead atoms. The highest BCUT2D eigenvalue weighted by atomic mass is 79.9. The van der Waals surface area contributed by atoms with Gasteiger partial charge in [0.05, 0.1) is 10.2 Å². The lowest BCUT2D eigenvalue weighted by Gasteiger charge is -2.15. The molecule has 0 amide bonds. The fourth-order valence-corrected chi connectivity index (χ4v) is 2.49. The summed E-state index contributed by atoms with van der Waals surface area (Å²) in [6, 6.07) is 1.99. The van der Waals surface area contributed by atoms with Crippen LogP contribution in [0.2, 0.25) is 0 Å². The first-order valence-corrected chi connectivity index (χ1v) is 6.48. The maximum atomic E-state index is 5.79. The summed E-state index contributed by atoms with van der Waals surface area (Å²) in [7, 11) is 0. The SMILES string of the molecule is ClCCC1(CNc2ccncc2Br)CC1. The number of pyridine rings is 1. The number of halogens is 2. The van der Waals surface area contributed by atoms with Crippen molar-refractivity contribution in [1.82, 2.24) is 4.98 Å². The van der Waals surface area contributed by atoms with Crippen LogP contribution in [0, 0.1) is 5.41 Å². The van der Waals surface area contributed by atoms with Crippen LogP contribution in [-0.2, 0) is 0 Å². The Morgan fingerprint density at radius 1 is 1.53 bits per heavy atom. The Labute approximate surface area is 104 Å². The summed E-state index contributed by atoms with van der Waals surface area (Å²) in [6.07, 6.45) is 7.33. The van der Waals surface area contributed by atoms with Gasteiger partial charge in [0.25, 0.3) is 0 Å². The van der Waals surface area contributed by atoms with Crippen LogP contribution in [0.15, 0.2) is 22.9 Å². The molecule has 1 aliphatic rings. The first-order chi connectivity index (χ1) is 7.26. The molecule has 0 unspecified atom stereocenters. The van der Waals surface area contributed by atoms with Crippen LogP contribution in [0.4, 0.5) is 5.69 Å². The van der Waals surface area contributed by atoms with Crippen LogP contribution in [0.25, 0.3) is 0 Å². The second kappa shape index (κ2) is 4.71. The van der Waals surface area contributed by atoms with E-state index in [0.29, 0.717) is 5.41 Å². The molecule has 4 heteroatoms. The number of hydrogen-bond donors (Lipinski definition) is 1. The van der Waals surface area contributed by atoms with E-state index >= 15 is 0 Å². The number of aromatic nitrogens is 1. The summed E-state index contributed by atoms with van der Waals surface area (Å²) in [6.45, 7) is 1.02. The Balaban J connectivity index is 1.91. The molecule has 1 aromatic heterocycles. The summed E-state index contributed by atoms with van der Waals surface area (Å²) in [5.41, 5.74) is 1.58. The molecule has 0 radical (unpaired) electrons. The number of alkyl halides is 1. The van der Waals surface area contributed by atoms with Gasteiger partial charge in [-0.25, -0.2) is 0 Å². The molecule has 1 saturated carbocycles. The fourth-order valence-electron chi connectivity index (χ4n) is 1.69. The molecular weight excluding hydrogens is 275 g/mol. The number of hydrogen-bond acceptors (Lipinski definition) is 2. The van der Waals surface area contributed by atoms with Crippen molar-refractivity contribution >= 4 is 33.2 Å². The quantitative estimate of drug-likeness (QED) is 0.837. The minimum absolute atomic E-state index is 0.463. The molecule has 1 heterocycles. The maximum absolute atomic E-state index is 5.79. The molecule has 2 nitrogen and oxygen atoms in total. The highest BCUT2D eigenvalue weighted by Crippen LogP contribution is 2.49. The molecule has 0 aliphatic heterocycles. The summed E-state index contributed by atoms with van der Waals surface area (Å²) in [5.74, 6) is 0.763. The highest BCUT2D eigenvalue weighted by molar-refractivity contribution is 9.10. The van der Waals surface area contributed by atoms with Gasteiger partial charge in [-0.1, -0.05) is 0 Å². The van der Waals surface area contributed by atoms with Crippen LogP contribution in [0.5, 0.6) is 0 Å². The number of nitrogens with zero attached hydrogens (tertiary/aromatic N) is 1. The fraction of sp³-hybridized carbons (Fsp3) is 0.545. The largest absolute Gasteiger partial charge is 0.383 e. The first kappa shape index (κ1) is 11.2. The molecule has 1 fully saturated rings. The van der Waals surface area contributed by atoms with Gasteiger partial charge in [-0.05, 0) is 46.7 Å². The third-order valence-corrected chi connectivity index (χ3v) is 3.83. The third-order valence-electron chi connectivity index (χ3n) is 3.01. The smallest absolute Gasteiger partial charge is 0.0590 e. The average molecular weight is 290 g/mol. The Bertz CT molecular complexity index is 339. The number of rotatable bonds is 5. The Hall–Kier alpha value is -0.280. The van der Waals surface area contributed by atoms with E-state index in [4.69, 9.17) is 11.6 Å². The monoisotopic (exact) mass is 288 g/mol. The van der Waals surface area contributed by atoms with E-state index in [1.165, 1.54) is 12.8 Å². The zero-order valence-electron chi connectivity index (χ0n) is 8.47. The van der Waals surface area contributed by atoms with Gasteiger partial charge in [0.15, 0.2) is 0 Å².